The number of ether oxygens (including phenoxy) is 1. The lowest BCUT2D eigenvalue weighted by Gasteiger charge is -2.31. The van der Waals surface area contributed by atoms with Crippen molar-refractivity contribution in [2.75, 3.05) is 44.0 Å². The van der Waals surface area contributed by atoms with E-state index in [9.17, 15) is 4.79 Å². The average Bonchev–Trinajstić information content (AvgIpc) is 3.65. The summed E-state index contributed by atoms with van der Waals surface area (Å²) in [7, 11) is 3.60. The summed E-state index contributed by atoms with van der Waals surface area (Å²) in [6.07, 6.45) is 8.21. The number of carbonyl (C=O) groups excluding carboxylic acids is 1. The molecule has 2 N–H and O–H groups in total. The number of anilines is 3. The number of hydrogen-bond acceptors (Lipinski definition) is 9. The Bertz CT molecular complexity index is 1380. The highest BCUT2D eigenvalue weighted by Gasteiger charge is 2.45. The van der Waals surface area contributed by atoms with Crippen LogP contribution in [0.1, 0.15) is 54.7 Å². The van der Waals surface area contributed by atoms with E-state index in [1.54, 1.807) is 23.1 Å². The van der Waals surface area contributed by atoms with Crippen molar-refractivity contribution in [1.82, 2.24) is 34.9 Å². The van der Waals surface area contributed by atoms with Crippen molar-refractivity contribution in [2.45, 2.75) is 56.5 Å². The molecule has 212 valence electrons. The molecule has 1 aliphatic carbocycles. The van der Waals surface area contributed by atoms with Crippen LogP contribution in [0.3, 0.4) is 0 Å². The molecular weight excluding hydrogens is 520 g/mol. The number of methoxy groups -OCH3 is 1. The molecule has 2 fully saturated rings. The number of hydrogen-bond donors (Lipinski definition) is 2. The molecule has 0 atom stereocenters. The zero-order valence-corrected chi connectivity index (χ0v) is 22.6. The maximum atomic E-state index is 15.3. The molecule has 2 aliphatic heterocycles. The maximum Gasteiger partial charge on any atom is 0.324 e. The quantitative estimate of drug-likeness (QED) is 0.474. The number of carbonyl (C=O) groups is 1. The van der Waals surface area contributed by atoms with Crippen molar-refractivity contribution in [2.24, 2.45) is 0 Å². The number of halogens is 2. The van der Waals surface area contributed by atoms with E-state index in [0.717, 1.165) is 51.6 Å². The van der Waals surface area contributed by atoms with Crippen molar-refractivity contribution in [3.63, 3.8) is 0 Å². The number of aromatic nitrogens is 5. The van der Waals surface area contributed by atoms with Crippen LogP contribution in [0.2, 0.25) is 0 Å². The van der Waals surface area contributed by atoms with Gasteiger partial charge in [-0.25, -0.2) is 4.98 Å². The molecule has 0 unspecified atom stereocenters. The van der Waals surface area contributed by atoms with E-state index in [1.165, 1.54) is 24.2 Å². The van der Waals surface area contributed by atoms with Gasteiger partial charge in [0, 0.05) is 17.6 Å². The predicted octanol–water partition coefficient (Wildman–Crippen LogP) is 3.49. The molecule has 3 aliphatic rings. The van der Waals surface area contributed by atoms with E-state index >= 15 is 8.78 Å². The molecule has 6 rings (SSSR count). The van der Waals surface area contributed by atoms with Crippen LogP contribution in [0.15, 0.2) is 30.7 Å². The second-order valence-electron chi connectivity index (χ2n) is 10.8. The fraction of sp³-hybridized carbons (Fsp3) is 0.519. The van der Waals surface area contributed by atoms with Crippen LogP contribution < -0.4 is 20.3 Å². The molecule has 2 aromatic heterocycles. The summed E-state index contributed by atoms with van der Waals surface area (Å²) in [6.45, 7) is 1.36. The Balaban J connectivity index is 1.27. The van der Waals surface area contributed by atoms with Crippen LogP contribution in [0.5, 0.6) is 5.75 Å². The van der Waals surface area contributed by atoms with Gasteiger partial charge in [0.05, 0.1) is 25.5 Å². The summed E-state index contributed by atoms with van der Waals surface area (Å²) < 4.78 is 37.4. The Kier molecular flexibility index (Phi) is 6.99. The van der Waals surface area contributed by atoms with Gasteiger partial charge in [-0.3, -0.25) is 9.36 Å². The van der Waals surface area contributed by atoms with Gasteiger partial charge >= 0.3 is 5.92 Å². The molecule has 40 heavy (non-hydrogen) atoms. The topological polar surface area (TPSA) is 113 Å². The first kappa shape index (κ1) is 26.4. The highest BCUT2D eigenvalue weighted by atomic mass is 19.3. The van der Waals surface area contributed by atoms with Gasteiger partial charge in [0.1, 0.15) is 17.8 Å². The average molecular weight is 554 g/mol. The number of alkyl halides is 2. The van der Waals surface area contributed by atoms with Crippen molar-refractivity contribution in [3.8, 4) is 11.4 Å². The lowest BCUT2D eigenvalue weighted by Crippen LogP contribution is -2.43. The molecule has 1 aromatic carbocycles. The zero-order valence-electron chi connectivity index (χ0n) is 22.6. The van der Waals surface area contributed by atoms with Crippen LogP contribution in [0.25, 0.3) is 5.69 Å². The van der Waals surface area contributed by atoms with Crippen LogP contribution in [-0.2, 0) is 5.92 Å². The minimum Gasteiger partial charge on any atom is -0.495 e. The minimum atomic E-state index is -3.21. The molecule has 1 amide bonds. The molecule has 0 spiro atoms. The minimum absolute atomic E-state index is 0.0539. The van der Waals surface area contributed by atoms with Crippen molar-refractivity contribution >= 4 is 23.4 Å². The lowest BCUT2D eigenvalue weighted by molar-refractivity contribution is -0.00748. The van der Waals surface area contributed by atoms with E-state index in [4.69, 9.17) is 9.72 Å². The van der Waals surface area contributed by atoms with Crippen molar-refractivity contribution in [3.05, 3.63) is 42.1 Å². The predicted molar refractivity (Wildman–Crippen MR) is 145 cm³/mol. The summed E-state index contributed by atoms with van der Waals surface area (Å²) in [5, 5.41) is 13.7. The molecule has 4 heterocycles. The normalized spacial score (nSPS) is 19.6. The van der Waals surface area contributed by atoms with E-state index in [-0.39, 0.29) is 23.9 Å². The van der Waals surface area contributed by atoms with Gasteiger partial charge in [-0.15, -0.1) is 10.2 Å². The SMILES string of the molecule is COc1cc(C(=O)NC2CCN(C)CC2)ccc1Nc1ncc2c(n1)N(C1CCCC1)CC(F)(F)c1nncn1-2. The van der Waals surface area contributed by atoms with Gasteiger partial charge < -0.3 is 25.2 Å². The second kappa shape index (κ2) is 10.6. The van der Waals surface area contributed by atoms with Crippen LogP contribution in [0.4, 0.5) is 26.2 Å². The van der Waals surface area contributed by atoms with Gasteiger partial charge in [-0.2, -0.15) is 13.8 Å². The lowest BCUT2D eigenvalue weighted by atomic mass is 10.0. The fourth-order valence-electron chi connectivity index (χ4n) is 5.82. The van der Waals surface area contributed by atoms with E-state index < -0.39 is 18.3 Å². The summed E-state index contributed by atoms with van der Waals surface area (Å²) in [5.74, 6) is -2.72. The Labute approximate surface area is 230 Å². The largest absolute Gasteiger partial charge is 0.495 e. The van der Waals surface area contributed by atoms with Gasteiger partial charge in [-0.1, -0.05) is 12.8 Å². The first-order valence-corrected chi connectivity index (χ1v) is 13.7. The van der Waals surface area contributed by atoms with Crippen LogP contribution in [-0.4, -0.2) is 81.4 Å². The first-order chi connectivity index (χ1) is 19.3. The molecule has 3 aromatic rings. The van der Waals surface area contributed by atoms with Crippen LogP contribution in [0, 0.1) is 0 Å². The number of fused-ring (bicyclic) bond motifs is 3. The number of rotatable bonds is 6. The first-order valence-electron chi connectivity index (χ1n) is 13.7. The van der Waals surface area contributed by atoms with E-state index in [0.29, 0.717) is 28.5 Å². The molecule has 13 heteroatoms. The number of likely N-dealkylation sites (tertiary alicyclic amines) is 1. The molecule has 0 radical (unpaired) electrons. The Hall–Kier alpha value is -3.87. The highest BCUT2D eigenvalue weighted by molar-refractivity contribution is 5.95. The number of benzene rings is 1. The molecule has 1 saturated heterocycles. The maximum absolute atomic E-state index is 15.3. The third-order valence-corrected chi connectivity index (χ3v) is 8.05. The third kappa shape index (κ3) is 5.05. The Morgan fingerprint density at radius 1 is 1.15 bits per heavy atom. The van der Waals surface area contributed by atoms with Gasteiger partial charge in [0.25, 0.3) is 5.91 Å². The fourth-order valence-corrected chi connectivity index (χ4v) is 5.82. The van der Waals surface area contributed by atoms with Crippen molar-refractivity contribution < 1.29 is 18.3 Å². The number of piperidine rings is 1. The monoisotopic (exact) mass is 553 g/mol. The number of nitrogens with one attached hydrogen (secondary N) is 2. The van der Waals surface area contributed by atoms with Crippen molar-refractivity contribution in [1.29, 1.82) is 0 Å². The van der Waals surface area contributed by atoms with E-state index in [2.05, 4.69) is 37.8 Å². The highest BCUT2D eigenvalue weighted by Crippen LogP contribution is 2.41. The molecule has 1 saturated carbocycles. The van der Waals surface area contributed by atoms with Gasteiger partial charge in [0.2, 0.25) is 11.8 Å². The number of amides is 1. The van der Waals surface area contributed by atoms with Gasteiger partial charge in [0.15, 0.2) is 5.82 Å². The summed E-state index contributed by atoms with van der Waals surface area (Å²) in [4.78, 5) is 26.0. The summed E-state index contributed by atoms with van der Waals surface area (Å²) >= 11 is 0. The number of nitrogens with zero attached hydrogens (tertiary/aromatic N) is 7. The summed E-state index contributed by atoms with van der Waals surface area (Å²) in [5.41, 5.74) is 1.44. The molecule has 11 nitrogen and oxygen atoms in total. The standard InChI is InChI=1S/C27H33F2N9O2/c1-36-11-9-18(10-12-36)32-24(39)17-7-8-20(22(13-17)40-2)33-26-30-14-21-23(34-26)37(19-5-3-4-6-19)15-27(28,29)25-35-31-16-38(21)25/h7-8,13-14,16,18-19H,3-6,9-12,15H2,1-2H3,(H,32,39)(H,30,33,34). The zero-order chi connectivity index (χ0) is 27.9. The molecular formula is C27H33F2N9O2. The Morgan fingerprint density at radius 2 is 1.93 bits per heavy atom. The van der Waals surface area contributed by atoms with Crippen LogP contribution >= 0.6 is 0 Å². The Morgan fingerprint density at radius 3 is 2.67 bits per heavy atom. The molecule has 0 bridgehead atoms. The second-order valence-corrected chi connectivity index (χ2v) is 10.8. The third-order valence-electron chi connectivity index (χ3n) is 8.05. The van der Waals surface area contributed by atoms with Gasteiger partial charge in [-0.05, 0) is 64.0 Å². The van der Waals surface area contributed by atoms with E-state index in [1.807, 2.05) is 0 Å². The summed E-state index contributed by atoms with van der Waals surface area (Å²) in [6, 6.07) is 5.21. The smallest absolute Gasteiger partial charge is 0.324 e.